The lowest BCUT2D eigenvalue weighted by atomic mass is 9.91. The van der Waals surface area contributed by atoms with E-state index >= 15 is 0 Å². The van der Waals surface area contributed by atoms with Crippen molar-refractivity contribution in [1.29, 1.82) is 0 Å². The summed E-state index contributed by atoms with van der Waals surface area (Å²) in [6, 6.07) is 27.2. The highest BCUT2D eigenvalue weighted by Gasteiger charge is 2.21. The van der Waals surface area contributed by atoms with Crippen molar-refractivity contribution < 1.29 is 4.79 Å². The largest absolute Gasteiger partial charge is 0.362 e. The van der Waals surface area contributed by atoms with Crippen LogP contribution in [0.5, 0.6) is 0 Å². The second-order valence-corrected chi connectivity index (χ2v) is 9.88. The predicted octanol–water partition coefficient (Wildman–Crippen LogP) is 4.96. The van der Waals surface area contributed by atoms with E-state index in [1.54, 1.807) is 0 Å². The van der Waals surface area contributed by atoms with Crippen molar-refractivity contribution in [1.82, 2.24) is 15.1 Å². The molecular weight excluding hydrogens is 464 g/mol. The molecule has 0 spiro atoms. The average molecular weight is 501 g/mol. The van der Waals surface area contributed by atoms with Crippen LogP contribution in [0.2, 0.25) is 0 Å². The molecule has 3 aromatic rings. The molecule has 0 radical (unpaired) electrons. The molecule has 0 saturated carbocycles. The second kappa shape index (κ2) is 12.7. The Hall–Kier alpha value is -3.22. The van der Waals surface area contributed by atoms with E-state index in [-0.39, 0.29) is 11.8 Å². The summed E-state index contributed by atoms with van der Waals surface area (Å²) in [6.45, 7) is 8.59. The fourth-order valence-electron chi connectivity index (χ4n) is 4.83. The number of hydrogen-bond donors (Lipinski definition) is 2. The summed E-state index contributed by atoms with van der Waals surface area (Å²) in [7, 11) is 0. The zero-order valence-corrected chi connectivity index (χ0v) is 22.1. The molecule has 1 heterocycles. The third kappa shape index (κ3) is 6.93. The van der Waals surface area contributed by atoms with Crippen molar-refractivity contribution in [3.63, 3.8) is 0 Å². The van der Waals surface area contributed by atoms with E-state index in [1.165, 1.54) is 11.1 Å². The molecule has 0 unspecified atom stereocenters. The summed E-state index contributed by atoms with van der Waals surface area (Å²) >= 11 is 5.81. The van der Waals surface area contributed by atoms with Crippen LogP contribution < -0.4 is 10.6 Å². The van der Waals surface area contributed by atoms with Crippen LogP contribution in [-0.4, -0.2) is 60.1 Å². The third-order valence-corrected chi connectivity index (χ3v) is 7.25. The van der Waals surface area contributed by atoms with Crippen molar-refractivity contribution in [2.24, 2.45) is 0 Å². The summed E-state index contributed by atoms with van der Waals surface area (Å²) in [4.78, 5) is 17.2. The first-order valence-electron chi connectivity index (χ1n) is 12.7. The number of nitrogens with zero attached hydrogens (tertiary/aromatic N) is 2. The van der Waals surface area contributed by atoms with Crippen molar-refractivity contribution in [2.75, 3.05) is 44.6 Å². The smallest absolute Gasteiger partial charge is 0.238 e. The molecule has 3 aromatic carbocycles. The molecule has 0 aliphatic carbocycles. The molecule has 4 rings (SSSR count). The van der Waals surface area contributed by atoms with Crippen LogP contribution in [0.4, 0.5) is 5.69 Å². The van der Waals surface area contributed by atoms with Crippen molar-refractivity contribution in [3.05, 3.63) is 101 Å². The van der Waals surface area contributed by atoms with Gasteiger partial charge in [-0.1, -0.05) is 78.9 Å². The van der Waals surface area contributed by atoms with Gasteiger partial charge in [0.25, 0.3) is 0 Å². The van der Waals surface area contributed by atoms with E-state index < -0.39 is 0 Å². The molecule has 5 nitrogen and oxygen atoms in total. The van der Waals surface area contributed by atoms with E-state index in [0.717, 1.165) is 61.1 Å². The summed E-state index contributed by atoms with van der Waals surface area (Å²) in [5.41, 5.74) is 5.65. The maximum absolute atomic E-state index is 12.8. The van der Waals surface area contributed by atoms with Gasteiger partial charge >= 0.3 is 0 Å². The fourth-order valence-corrected chi connectivity index (χ4v) is 5.09. The molecule has 0 atom stereocenters. The molecule has 1 aliphatic rings. The normalized spacial score (nSPS) is 14.4. The lowest BCUT2D eigenvalue weighted by molar-refractivity contribution is -0.117. The van der Waals surface area contributed by atoms with Gasteiger partial charge in [-0.15, -0.1) is 0 Å². The number of hydrogen-bond acceptors (Lipinski definition) is 3. The number of aryl methyl sites for hydroxylation is 2. The Labute approximate surface area is 220 Å². The number of thiocarbonyl (C=S) groups is 1. The minimum absolute atomic E-state index is 0.0371. The van der Waals surface area contributed by atoms with Crippen molar-refractivity contribution >= 4 is 28.9 Å². The van der Waals surface area contributed by atoms with Gasteiger partial charge in [-0.25, -0.2) is 0 Å². The zero-order valence-electron chi connectivity index (χ0n) is 21.2. The molecular formula is C30H36N4OS. The molecule has 36 heavy (non-hydrogen) atoms. The number of carbonyl (C=O) groups excluding carboxylic acids is 1. The summed E-state index contributed by atoms with van der Waals surface area (Å²) in [6.07, 6.45) is 0.972. The van der Waals surface area contributed by atoms with Crippen LogP contribution in [0.1, 0.15) is 34.6 Å². The van der Waals surface area contributed by atoms with Crippen LogP contribution in [0, 0.1) is 13.8 Å². The topological polar surface area (TPSA) is 47.6 Å². The molecule has 1 amide bonds. The highest BCUT2D eigenvalue weighted by molar-refractivity contribution is 7.80. The van der Waals surface area contributed by atoms with Crippen LogP contribution in [-0.2, 0) is 4.79 Å². The Morgan fingerprint density at radius 3 is 2.06 bits per heavy atom. The number of carbonyl (C=O) groups is 1. The lowest BCUT2D eigenvalue weighted by Gasteiger charge is -2.27. The van der Waals surface area contributed by atoms with Gasteiger partial charge < -0.3 is 15.5 Å². The predicted molar refractivity (Wildman–Crippen MR) is 153 cm³/mol. The van der Waals surface area contributed by atoms with E-state index in [0.29, 0.717) is 6.54 Å². The van der Waals surface area contributed by atoms with Crippen LogP contribution in [0.15, 0.2) is 78.9 Å². The minimum Gasteiger partial charge on any atom is -0.362 e. The number of benzene rings is 3. The van der Waals surface area contributed by atoms with Gasteiger partial charge in [-0.05, 0) is 54.7 Å². The maximum atomic E-state index is 12.8. The first-order valence-corrected chi connectivity index (χ1v) is 13.1. The average Bonchev–Trinajstić information content (AvgIpc) is 3.13. The number of anilines is 1. The van der Waals surface area contributed by atoms with Crippen LogP contribution in [0.3, 0.4) is 0 Å². The Balaban J connectivity index is 1.30. The summed E-state index contributed by atoms with van der Waals surface area (Å²) in [5.74, 6) is 0.262. The van der Waals surface area contributed by atoms with Crippen LogP contribution >= 0.6 is 12.2 Å². The van der Waals surface area contributed by atoms with Gasteiger partial charge in [0.05, 0.1) is 6.54 Å². The molecule has 1 aliphatic heterocycles. The quantitative estimate of drug-likeness (QED) is 0.449. The highest BCUT2D eigenvalue weighted by atomic mass is 32.1. The van der Waals surface area contributed by atoms with Gasteiger partial charge in [0.15, 0.2) is 5.11 Å². The minimum atomic E-state index is 0.0371. The molecule has 0 aromatic heterocycles. The van der Waals surface area contributed by atoms with Gasteiger partial charge in [0, 0.05) is 44.3 Å². The molecule has 188 valence electrons. The second-order valence-electron chi connectivity index (χ2n) is 9.49. The van der Waals surface area contributed by atoms with Crippen LogP contribution in [0.25, 0.3) is 0 Å². The Bertz CT molecular complexity index is 1090. The maximum Gasteiger partial charge on any atom is 0.238 e. The van der Waals surface area contributed by atoms with Crippen molar-refractivity contribution in [3.8, 4) is 0 Å². The summed E-state index contributed by atoms with van der Waals surface area (Å²) < 4.78 is 0. The Morgan fingerprint density at radius 1 is 0.833 bits per heavy atom. The SMILES string of the molecule is Cc1cccc(C)c1NC(=O)CN1CCCN(C(=S)NCC(c2ccccc2)c2ccccc2)CC1. The lowest BCUT2D eigenvalue weighted by Crippen LogP contribution is -2.43. The van der Waals surface area contributed by atoms with Gasteiger partial charge in [0.1, 0.15) is 0 Å². The fraction of sp³-hybridized carbons (Fsp3) is 0.333. The number of para-hydroxylation sites is 1. The molecule has 1 fully saturated rings. The van der Waals surface area contributed by atoms with E-state index in [1.807, 2.05) is 32.0 Å². The molecule has 2 N–H and O–H groups in total. The molecule has 0 bridgehead atoms. The number of amides is 1. The summed E-state index contributed by atoms with van der Waals surface area (Å²) in [5, 5.41) is 7.44. The van der Waals surface area contributed by atoms with E-state index in [2.05, 4.69) is 81.1 Å². The van der Waals surface area contributed by atoms with Gasteiger partial charge in [-0.3, -0.25) is 9.69 Å². The van der Waals surface area contributed by atoms with E-state index in [9.17, 15) is 4.79 Å². The monoisotopic (exact) mass is 500 g/mol. The zero-order chi connectivity index (χ0) is 25.3. The number of nitrogens with one attached hydrogen (secondary N) is 2. The first kappa shape index (κ1) is 25.9. The third-order valence-electron chi connectivity index (χ3n) is 6.85. The first-order chi connectivity index (χ1) is 17.5. The Morgan fingerprint density at radius 2 is 1.44 bits per heavy atom. The van der Waals surface area contributed by atoms with Gasteiger partial charge in [0.2, 0.25) is 5.91 Å². The molecule has 6 heteroatoms. The van der Waals surface area contributed by atoms with E-state index in [4.69, 9.17) is 12.2 Å². The number of rotatable bonds is 7. The Kier molecular flexibility index (Phi) is 9.09. The molecule has 1 saturated heterocycles. The highest BCUT2D eigenvalue weighted by Crippen LogP contribution is 2.24. The standard InChI is InChI=1S/C30H36N4OS/c1-23-11-9-12-24(2)29(23)32-28(35)22-33-17-10-18-34(20-19-33)30(36)31-21-27(25-13-5-3-6-14-25)26-15-7-4-8-16-26/h3-9,11-16,27H,10,17-22H2,1-2H3,(H,31,36)(H,32,35). The van der Waals surface area contributed by atoms with Gasteiger partial charge in [-0.2, -0.15) is 0 Å². The van der Waals surface area contributed by atoms with Crippen molar-refractivity contribution in [2.45, 2.75) is 26.2 Å².